The van der Waals surface area contributed by atoms with E-state index in [0.717, 1.165) is 10.6 Å². The first-order valence-electron chi connectivity index (χ1n) is 10.7. The molecule has 4 aromatic carbocycles. The van der Waals surface area contributed by atoms with Crippen LogP contribution >= 0.6 is 11.3 Å². The van der Waals surface area contributed by atoms with Gasteiger partial charge in [-0.05, 0) is 46.5 Å². The summed E-state index contributed by atoms with van der Waals surface area (Å²) in [6.45, 7) is 4.72. The number of nitrogens with zero attached hydrogens (tertiary/aromatic N) is 2. The van der Waals surface area contributed by atoms with Crippen molar-refractivity contribution in [2.75, 3.05) is 0 Å². The lowest BCUT2D eigenvalue weighted by molar-refractivity contribution is 0.666. The Morgan fingerprint density at radius 2 is 1.52 bits per heavy atom. The van der Waals surface area contributed by atoms with E-state index in [1.54, 1.807) is 11.3 Å². The van der Waals surface area contributed by atoms with Gasteiger partial charge in [-0.3, -0.25) is 4.57 Å². The molecule has 1 aliphatic carbocycles. The standard InChI is InChI=1S/C28H20N2S/c1-28(2)20-11-5-3-9-17(20)18-15-16-23-25(26(18)28)19-10-4-7-13-22(19)30(23)27-29-21-12-6-8-14-24(21)31-27/h3-16H,1-2H3. The number of hydrogen-bond acceptors (Lipinski definition) is 2. The smallest absolute Gasteiger partial charge is 0.195 e. The maximum atomic E-state index is 5.01. The topological polar surface area (TPSA) is 17.8 Å². The fourth-order valence-corrected chi connectivity index (χ4v) is 6.49. The quantitative estimate of drug-likeness (QED) is 0.268. The molecular weight excluding hydrogens is 396 g/mol. The Labute approximate surface area is 184 Å². The van der Waals surface area contributed by atoms with Gasteiger partial charge in [0.15, 0.2) is 5.13 Å². The van der Waals surface area contributed by atoms with Gasteiger partial charge in [-0.2, -0.15) is 0 Å². The summed E-state index contributed by atoms with van der Waals surface area (Å²) in [5.74, 6) is 0. The summed E-state index contributed by atoms with van der Waals surface area (Å²) in [5.41, 5.74) is 9.03. The first kappa shape index (κ1) is 17.3. The van der Waals surface area contributed by atoms with Gasteiger partial charge in [0.25, 0.3) is 0 Å². The molecule has 148 valence electrons. The lowest BCUT2D eigenvalue weighted by Gasteiger charge is -2.22. The average molecular weight is 417 g/mol. The largest absolute Gasteiger partial charge is 0.285 e. The van der Waals surface area contributed by atoms with Crippen LogP contribution in [0.15, 0.2) is 84.9 Å². The summed E-state index contributed by atoms with van der Waals surface area (Å²) in [7, 11) is 0. The highest BCUT2D eigenvalue weighted by molar-refractivity contribution is 7.20. The summed E-state index contributed by atoms with van der Waals surface area (Å²) >= 11 is 1.76. The molecule has 0 bridgehead atoms. The molecule has 0 fully saturated rings. The Kier molecular flexibility index (Phi) is 3.25. The van der Waals surface area contributed by atoms with Crippen LogP contribution in [0.1, 0.15) is 25.0 Å². The molecule has 0 saturated carbocycles. The van der Waals surface area contributed by atoms with Crippen LogP contribution < -0.4 is 0 Å². The van der Waals surface area contributed by atoms with Crippen molar-refractivity contribution in [1.82, 2.24) is 9.55 Å². The summed E-state index contributed by atoms with van der Waals surface area (Å²) < 4.78 is 3.58. The molecule has 3 heteroatoms. The second kappa shape index (κ2) is 5.83. The fourth-order valence-electron chi connectivity index (χ4n) is 5.49. The Bertz CT molecular complexity index is 1630. The number of rotatable bonds is 1. The molecule has 6 aromatic rings. The fraction of sp³-hybridized carbons (Fsp3) is 0.107. The molecule has 0 unspecified atom stereocenters. The van der Waals surface area contributed by atoms with Crippen molar-refractivity contribution < 1.29 is 0 Å². The Balaban J connectivity index is 1.66. The van der Waals surface area contributed by atoms with Crippen LogP contribution in [0.2, 0.25) is 0 Å². The van der Waals surface area contributed by atoms with Gasteiger partial charge < -0.3 is 0 Å². The van der Waals surface area contributed by atoms with Gasteiger partial charge in [0.1, 0.15) is 0 Å². The van der Waals surface area contributed by atoms with Crippen LogP contribution in [0.4, 0.5) is 0 Å². The van der Waals surface area contributed by atoms with Crippen molar-refractivity contribution in [2.45, 2.75) is 19.3 Å². The third-order valence-corrected chi connectivity index (χ3v) is 7.85. The highest BCUT2D eigenvalue weighted by Gasteiger charge is 2.38. The van der Waals surface area contributed by atoms with E-state index in [9.17, 15) is 0 Å². The molecule has 7 rings (SSSR count). The number of hydrogen-bond donors (Lipinski definition) is 0. The van der Waals surface area contributed by atoms with E-state index in [1.165, 1.54) is 48.8 Å². The van der Waals surface area contributed by atoms with Crippen LogP contribution in [0.3, 0.4) is 0 Å². The first-order chi connectivity index (χ1) is 15.1. The molecule has 0 saturated heterocycles. The van der Waals surface area contributed by atoms with E-state index in [1.807, 2.05) is 0 Å². The van der Waals surface area contributed by atoms with Crippen LogP contribution in [-0.2, 0) is 5.41 Å². The zero-order valence-corrected chi connectivity index (χ0v) is 18.2. The Morgan fingerprint density at radius 3 is 2.42 bits per heavy atom. The van der Waals surface area contributed by atoms with Gasteiger partial charge in [-0.15, -0.1) is 0 Å². The van der Waals surface area contributed by atoms with Crippen LogP contribution in [0, 0.1) is 0 Å². The van der Waals surface area contributed by atoms with Gasteiger partial charge in [0.2, 0.25) is 0 Å². The van der Waals surface area contributed by atoms with E-state index in [2.05, 4.69) is 103 Å². The van der Waals surface area contributed by atoms with Gasteiger partial charge >= 0.3 is 0 Å². The number of thiazole rings is 1. The van der Waals surface area contributed by atoms with Crippen LogP contribution in [-0.4, -0.2) is 9.55 Å². The minimum Gasteiger partial charge on any atom is -0.285 e. The van der Waals surface area contributed by atoms with Crippen molar-refractivity contribution in [2.24, 2.45) is 0 Å². The third kappa shape index (κ3) is 2.14. The highest BCUT2D eigenvalue weighted by Crippen LogP contribution is 2.53. The molecule has 0 atom stereocenters. The van der Waals surface area contributed by atoms with Crippen molar-refractivity contribution in [3.63, 3.8) is 0 Å². The van der Waals surface area contributed by atoms with E-state index in [0.29, 0.717) is 0 Å². The Hall–Kier alpha value is -3.43. The molecule has 2 heterocycles. The van der Waals surface area contributed by atoms with E-state index < -0.39 is 0 Å². The molecule has 2 nitrogen and oxygen atoms in total. The predicted molar refractivity (Wildman–Crippen MR) is 132 cm³/mol. The van der Waals surface area contributed by atoms with Gasteiger partial charge in [0.05, 0.1) is 21.3 Å². The summed E-state index contributed by atoms with van der Waals surface area (Å²) in [6, 6.07) is 30.6. The number of benzene rings is 4. The number of aromatic nitrogens is 2. The lowest BCUT2D eigenvalue weighted by Crippen LogP contribution is -2.15. The second-order valence-electron chi connectivity index (χ2n) is 8.87. The second-order valence-corrected chi connectivity index (χ2v) is 9.88. The van der Waals surface area contributed by atoms with Gasteiger partial charge in [0, 0.05) is 16.2 Å². The van der Waals surface area contributed by atoms with Crippen molar-refractivity contribution in [1.29, 1.82) is 0 Å². The van der Waals surface area contributed by atoms with E-state index in [-0.39, 0.29) is 5.41 Å². The lowest BCUT2D eigenvalue weighted by atomic mass is 9.80. The zero-order valence-electron chi connectivity index (χ0n) is 17.4. The normalized spacial score (nSPS) is 14.4. The third-order valence-electron chi connectivity index (χ3n) is 6.83. The maximum Gasteiger partial charge on any atom is 0.195 e. The van der Waals surface area contributed by atoms with Crippen molar-refractivity contribution >= 4 is 43.4 Å². The molecule has 0 aliphatic heterocycles. The molecule has 31 heavy (non-hydrogen) atoms. The number of fused-ring (bicyclic) bond motifs is 8. The van der Waals surface area contributed by atoms with Crippen LogP contribution in [0.5, 0.6) is 0 Å². The molecule has 1 aliphatic rings. The average Bonchev–Trinajstić information content (AvgIpc) is 3.43. The minimum atomic E-state index is -0.0476. The molecule has 0 amide bonds. The number of para-hydroxylation sites is 2. The molecule has 0 spiro atoms. The SMILES string of the molecule is CC1(C)c2ccccc2-c2ccc3c(c21)c1ccccc1n3-c1nc2ccccc2s1. The summed E-state index contributed by atoms with van der Waals surface area (Å²) in [6.07, 6.45) is 0. The van der Waals surface area contributed by atoms with Crippen LogP contribution in [0.25, 0.3) is 48.3 Å². The van der Waals surface area contributed by atoms with E-state index >= 15 is 0 Å². The highest BCUT2D eigenvalue weighted by atomic mass is 32.1. The first-order valence-corrected chi connectivity index (χ1v) is 11.5. The molecule has 0 N–H and O–H groups in total. The van der Waals surface area contributed by atoms with Gasteiger partial charge in [-0.1, -0.05) is 85.8 Å². The zero-order chi connectivity index (χ0) is 20.7. The van der Waals surface area contributed by atoms with Crippen molar-refractivity contribution in [3.05, 3.63) is 96.1 Å². The molecule has 2 aromatic heterocycles. The maximum absolute atomic E-state index is 5.01. The monoisotopic (exact) mass is 416 g/mol. The predicted octanol–water partition coefficient (Wildman–Crippen LogP) is 7.70. The Morgan fingerprint density at radius 1 is 0.742 bits per heavy atom. The minimum absolute atomic E-state index is 0.0476. The molecule has 0 radical (unpaired) electrons. The molecular formula is C28H20N2S. The van der Waals surface area contributed by atoms with E-state index in [4.69, 9.17) is 4.98 Å². The summed E-state index contributed by atoms with van der Waals surface area (Å²) in [5, 5.41) is 3.68. The van der Waals surface area contributed by atoms with Gasteiger partial charge in [-0.25, -0.2) is 4.98 Å². The van der Waals surface area contributed by atoms with Crippen molar-refractivity contribution in [3.8, 4) is 16.3 Å². The summed E-state index contributed by atoms with van der Waals surface area (Å²) in [4.78, 5) is 5.01.